The van der Waals surface area contributed by atoms with Gasteiger partial charge < -0.3 is 14.5 Å². The van der Waals surface area contributed by atoms with Gasteiger partial charge in [-0.25, -0.2) is 9.78 Å². The number of morpholine rings is 1. The SMILES string of the molecule is Cc1cc(NC(=O)CN2CCOCC2)nc2c1c(=O)oc1ccccc12. The Labute approximate surface area is 149 Å². The van der Waals surface area contributed by atoms with E-state index in [-0.39, 0.29) is 5.91 Å². The van der Waals surface area contributed by atoms with Crippen LogP contribution in [-0.4, -0.2) is 48.6 Å². The van der Waals surface area contributed by atoms with Crippen LogP contribution >= 0.6 is 0 Å². The summed E-state index contributed by atoms with van der Waals surface area (Å²) in [4.78, 5) is 31.2. The fourth-order valence-corrected chi connectivity index (χ4v) is 3.24. The van der Waals surface area contributed by atoms with E-state index in [1.54, 1.807) is 18.2 Å². The first-order valence-corrected chi connectivity index (χ1v) is 8.55. The number of benzene rings is 1. The molecule has 3 aromatic rings. The molecular formula is C19H19N3O4. The lowest BCUT2D eigenvalue weighted by Crippen LogP contribution is -2.41. The zero-order chi connectivity index (χ0) is 18.1. The highest BCUT2D eigenvalue weighted by atomic mass is 16.5. The number of aryl methyl sites for hydroxylation is 1. The van der Waals surface area contributed by atoms with E-state index in [0.717, 1.165) is 24.0 Å². The molecule has 1 fully saturated rings. The summed E-state index contributed by atoms with van der Waals surface area (Å²) in [6.07, 6.45) is 0. The fourth-order valence-electron chi connectivity index (χ4n) is 3.24. The Hall–Kier alpha value is -2.77. The van der Waals surface area contributed by atoms with Crippen molar-refractivity contribution in [1.82, 2.24) is 9.88 Å². The van der Waals surface area contributed by atoms with Gasteiger partial charge in [-0.2, -0.15) is 0 Å². The Morgan fingerprint density at radius 1 is 1.27 bits per heavy atom. The molecule has 134 valence electrons. The number of nitrogens with one attached hydrogen (secondary N) is 1. The van der Waals surface area contributed by atoms with Gasteiger partial charge in [0.25, 0.3) is 0 Å². The van der Waals surface area contributed by atoms with Gasteiger partial charge in [0.05, 0.1) is 30.7 Å². The molecule has 0 atom stereocenters. The number of carbonyl (C=O) groups is 1. The summed E-state index contributed by atoms with van der Waals surface area (Å²) < 4.78 is 10.7. The number of nitrogens with zero attached hydrogens (tertiary/aromatic N) is 2. The summed E-state index contributed by atoms with van der Waals surface area (Å²) in [5, 5.41) is 4.03. The molecule has 1 aliphatic rings. The van der Waals surface area contributed by atoms with Gasteiger partial charge in [0, 0.05) is 18.5 Å². The quantitative estimate of drug-likeness (QED) is 0.572. The highest BCUT2D eigenvalue weighted by Crippen LogP contribution is 2.25. The summed E-state index contributed by atoms with van der Waals surface area (Å²) in [5.41, 5.74) is 1.32. The molecular weight excluding hydrogens is 334 g/mol. The number of anilines is 1. The number of para-hydroxylation sites is 1. The van der Waals surface area contributed by atoms with Crippen molar-refractivity contribution >= 4 is 33.6 Å². The average Bonchev–Trinajstić information content (AvgIpc) is 2.62. The van der Waals surface area contributed by atoms with Crippen molar-refractivity contribution in [3.8, 4) is 0 Å². The minimum atomic E-state index is -0.421. The summed E-state index contributed by atoms with van der Waals surface area (Å²) in [6, 6.07) is 8.95. The lowest BCUT2D eigenvalue weighted by atomic mass is 10.1. The normalized spacial score (nSPS) is 15.4. The molecule has 1 aromatic carbocycles. The highest BCUT2D eigenvalue weighted by molar-refractivity contribution is 6.04. The van der Waals surface area contributed by atoms with Gasteiger partial charge >= 0.3 is 5.63 Å². The van der Waals surface area contributed by atoms with Gasteiger partial charge in [0.2, 0.25) is 5.91 Å². The molecule has 7 nitrogen and oxygen atoms in total. The second-order valence-electron chi connectivity index (χ2n) is 6.37. The third kappa shape index (κ3) is 3.18. The zero-order valence-electron chi connectivity index (χ0n) is 14.4. The predicted molar refractivity (Wildman–Crippen MR) is 98.4 cm³/mol. The number of carbonyl (C=O) groups excluding carboxylic acids is 1. The fraction of sp³-hybridized carbons (Fsp3) is 0.316. The molecule has 2 aromatic heterocycles. The summed E-state index contributed by atoms with van der Waals surface area (Å²) in [5.74, 6) is 0.300. The monoisotopic (exact) mass is 353 g/mol. The smallest absolute Gasteiger partial charge is 0.346 e. The second-order valence-corrected chi connectivity index (χ2v) is 6.37. The van der Waals surface area contributed by atoms with E-state index in [2.05, 4.69) is 10.3 Å². The molecule has 3 heterocycles. The van der Waals surface area contributed by atoms with E-state index < -0.39 is 5.63 Å². The van der Waals surface area contributed by atoms with Crippen molar-refractivity contribution in [2.45, 2.75) is 6.92 Å². The van der Waals surface area contributed by atoms with Crippen LogP contribution in [0.1, 0.15) is 5.56 Å². The maximum atomic E-state index is 12.3. The summed E-state index contributed by atoms with van der Waals surface area (Å²) >= 11 is 0. The van der Waals surface area contributed by atoms with Gasteiger partial charge in [-0.05, 0) is 30.7 Å². The van der Waals surface area contributed by atoms with E-state index in [1.807, 2.05) is 24.0 Å². The van der Waals surface area contributed by atoms with Crippen LogP contribution < -0.4 is 10.9 Å². The summed E-state index contributed by atoms with van der Waals surface area (Å²) in [7, 11) is 0. The molecule has 4 rings (SSSR count). The van der Waals surface area contributed by atoms with Gasteiger partial charge in [-0.3, -0.25) is 9.69 Å². The number of hydrogen-bond acceptors (Lipinski definition) is 6. The minimum Gasteiger partial charge on any atom is -0.422 e. The number of amides is 1. The lowest BCUT2D eigenvalue weighted by molar-refractivity contribution is -0.118. The maximum Gasteiger partial charge on any atom is 0.346 e. The van der Waals surface area contributed by atoms with E-state index in [0.29, 0.717) is 42.1 Å². The molecule has 0 unspecified atom stereocenters. The van der Waals surface area contributed by atoms with Crippen LogP contribution in [0.15, 0.2) is 39.5 Å². The average molecular weight is 353 g/mol. The molecule has 1 N–H and O–H groups in total. The highest BCUT2D eigenvalue weighted by Gasteiger charge is 2.16. The largest absolute Gasteiger partial charge is 0.422 e. The first-order valence-electron chi connectivity index (χ1n) is 8.55. The van der Waals surface area contributed by atoms with Crippen LogP contribution in [0.3, 0.4) is 0 Å². The third-order valence-electron chi connectivity index (χ3n) is 4.50. The Kier molecular flexibility index (Phi) is 4.40. The minimum absolute atomic E-state index is 0.134. The predicted octanol–water partition coefficient (Wildman–Crippen LogP) is 1.92. The number of ether oxygens (including phenoxy) is 1. The van der Waals surface area contributed by atoms with Crippen LogP contribution in [0.5, 0.6) is 0 Å². The molecule has 26 heavy (non-hydrogen) atoms. The molecule has 1 aliphatic heterocycles. The van der Waals surface area contributed by atoms with Crippen molar-refractivity contribution in [3.63, 3.8) is 0 Å². The maximum absolute atomic E-state index is 12.3. The molecule has 0 bridgehead atoms. The van der Waals surface area contributed by atoms with Crippen molar-refractivity contribution in [3.05, 3.63) is 46.3 Å². The van der Waals surface area contributed by atoms with E-state index in [9.17, 15) is 9.59 Å². The number of fused-ring (bicyclic) bond motifs is 3. The van der Waals surface area contributed by atoms with Crippen LogP contribution in [-0.2, 0) is 9.53 Å². The Morgan fingerprint density at radius 2 is 2.04 bits per heavy atom. The van der Waals surface area contributed by atoms with Gasteiger partial charge in [0.1, 0.15) is 11.4 Å². The number of rotatable bonds is 3. The van der Waals surface area contributed by atoms with Crippen molar-refractivity contribution in [2.75, 3.05) is 38.2 Å². The Bertz CT molecular complexity index is 1040. The van der Waals surface area contributed by atoms with Crippen LogP contribution in [0.25, 0.3) is 21.9 Å². The van der Waals surface area contributed by atoms with Crippen LogP contribution in [0.4, 0.5) is 5.82 Å². The third-order valence-corrected chi connectivity index (χ3v) is 4.50. The number of pyridine rings is 1. The first kappa shape index (κ1) is 16.7. The van der Waals surface area contributed by atoms with Gasteiger partial charge in [0.15, 0.2) is 0 Å². The number of aromatic nitrogens is 1. The van der Waals surface area contributed by atoms with Gasteiger partial charge in [-0.15, -0.1) is 0 Å². The van der Waals surface area contributed by atoms with E-state index in [4.69, 9.17) is 9.15 Å². The number of hydrogen-bond donors (Lipinski definition) is 1. The second kappa shape index (κ2) is 6.86. The van der Waals surface area contributed by atoms with E-state index >= 15 is 0 Å². The Balaban J connectivity index is 1.68. The van der Waals surface area contributed by atoms with Crippen molar-refractivity contribution < 1.29 is 13.9 Å². The topological polar surface area (TPSA) is 84.7 Å². The first-order chi connectivity index (χ1) is 12.6. The molecule has 1 saturated heterocycles. The lowest BCUT2D eigenvalue weighted by Gasteiger charge is -2.25. The van der Waals surface area contributed by atoms with E-state index in [1.165, 1.54) is 0 Å². The standard InChI is InChI=1S/C19H19N3O4/c1-12-10-15(20-16(23)11-22-6-8-25-9-7-22)21-18-13-4-2-3-5-14(13)26-19(24)17(12)18/h2-5,10H,6-9,11H2,1H3,(H,20,21,23). The molecule has 1 amide bonds. The Morgan fingerprint density at radius 3 is 2.85 bits per heavy atom. The van der Waals surface area contributed by atoms with Crippen molar-refractivity contribution in [1.29, 1.82) is 0 Å². The molecule has 0 aliphatic carbocycles. The molecule has 0 radical (unpaired) electrons. The van der Waals surface area contributed by atoms with Crippen molar-refractivity contribution in [2.24, 2.45) is 0 Å². The molecule has 7 heteroatoms. The van der Waals surface area contributed by atoms with Crippen LogP contribution in [0.2, 0.25) is 0 Å². The van der Waals surface area contributed by atoms with Crippen LogP contribution in [0, 0.1) is 6.92 Å². The van der Waals surface area contributed by atoms with Gasteiger partial charge in [-0.1, -0.05) is 12.1 Å². The zero-order valence-corrected chi connectivity index (χ0v) is 14.4. The molecule has 0 saturated carbocycles. The summed E-state index contributed by atoms with van der Waals surface area (Å²) in [6.45, 7) is 4.87. The molecule has 0 spiro atoms.